The molecule has 0 aliphatic rings. The van der Waals surface area contributed by atoms with Crippen molar-refractivity contribution in [2.45, 2.75) is 19.8 Å². The Morgan fingerprint density at radius 2 is 2.20 bits per heavy atom. The van der Waals surface area contributed by atoms with E-state index in [9.17, 15) is 9.59 Å². The van der Waals surface area contributed by atoms with Crippen LogP contribution in [0.2, 0.25) is 0 Å². The first-order chi connectivity index (χ1) is 9.47. The molecule has 0 saturated heterocycles. The number of rotatable bonds is 4. The van der Waals surface area contributed by atoms with Gasteiger partial charge < -0.3 is 10.1 Å². The number of nitrogens with one attached hydrogen (secondary N) is 1. The lowest BCUT2D eigenvalue weighted by atomic mass is 10.1. The van der Waals surface area contributed by atoms with Crippen molar-refractivity contribution in [2.24, 2.45) is 0 Å². The third-order valence-electron chi connectivity index (χ3n) is 2.91. The SMILES string of the molecule is Cc1nc(-c2cccc(Br)c2)[nH]c(=O)c1CCC(=O)O. The van der Waals surface area contributed by atoms with E-state index < -0.39 is 5.97 Å². The second-order valence-corrected chi connectivity index (χ2v) is 5.30. The Morgan fingerprint density at radius 3 is 2.80 bits per heavy atom. The molecule has 0 saturated carbocycles. The van der Waals surface area contributed by atoms with Crippen LogP contribution >= 0.6 is 15.9 Å². The van der Waals surface area contributed by atoms with Crippen LogP contribution in [0, 0.1) is 6.92 Å². The van der Waals surface area contributed by atoms with Crippen LogP contribution < -0.4 is 5.56 Å². The van der Waals surface area contributed by atoms with Crippen LogP contribution in [0.4, 0.5) is 0 Å². The van der Waals surface area contributed by atoms with E-state index in [1.807, 2.05) is 24.3 Å². The second kappa shape index (κ2) is 6.00. The molecule has 0 unspecified atom stereocenters. The van der Waals surface area contributed by atoms with Gasteiger partial charge in [0.2, 0.25) is 0 Å². The van der Waals surface area contributed by atoms with Crippen molar-refractivity contribution in [3.8, 4) is 11.4 Å². The molecule has 2 aromatic rings. The highest BCUT2D eigenvalue weighted by atomic mass is 79.9. The molecule has 2 N–H and O–H groups in total. The Morgan fingerprint density at radius 1 is 1.45 bits per heavy atom. The Labute approximate surface area is 123 Å². The van der Waals surface area contributed by atoms with Gasteiger partial charge in [-0.05, 0) is 25.5 Å². The number of aromatic amines is 1. The summed E-state index contributed by atoms with van der Waals surface area (Å²) >= 11 is 3.37. The molecule has 104 valence electrons. The van der Waals surface area contributed by atoms with Crippen molar-refractivity contribution in [2.75, 3.05) is 0 Å². The summed E-state index contributed by atoms with van der Waals surface area (Å²) in [5.41, 5.74) is 1.49. The first-order valence-electron chi connectivity index (χ1n) is 6.05. The summed E-state index contributed by atoms with van der Waals surface area (Å²) in [6, 6.07) is 7.44. The molecule has 2 rings (SSSR count). The van der Waals surface area contributed by atoms with E-state index in [0.29, 0.717) is 17.1 Å². The average Bonchev–Trinajstić information content (AvgIpc) is 2.37. The zero-order chi connectivity index (χ0) is 14.7. The van der Waals surface area contributed by atoms with Crippen LogP contribution in [0.1, 0.15) is 17.7 Å². The lowest BCUT2D eigenvalue weighted by molar-refractivity contribution is -0.136. The molecular formula is C14H13BrN2O3. The molecule has 1 aromatic heterocycles. The summed E-state index contributed by atoms with van der Waals surface area (Å²) in [6.45, 7) is 1.72. The minimum atomic E-state index is -0.931. The molecule has 5 nitrogen and oxygen atoms in total. The molecule has 0 radical (unpaired) electrons. The van der Waals surface area contributed by atoms with E-state index in [0.717, 1.165) is 10.0 Å². The Hall–Kier alpha value is -1.95. The first kappa shape index (κ1) is 14.5. The summed E-state index contributed by atoms with van der Waals surface area (Å²) in [5, 5.41) is 8.68. The van der Waals surface area contributed by atoms with Crippen LogP contribution in [0.15, 0.2) is 33.5 Å². The molecule has 0 atom stereocenters. The molecule has 0 fully saturated rings. The molecular weight excluding hydrogens is 324 g/mol. The third-order valence-corrected chi connectivity index (χ3v) is 3.40. The Balaban J connectivity index is 2.40. The Kier molecular flexibility index (Phi) is 4.34. The fourth-order valence-electron chi connectivity index (χ4n) is 1.91. The largest absolute Gasteiger partial charge is 0.481 e. The van der Waals surface area contributed by atoms with Gasteiger partial charge in [0.25, 0.3) is 5.56 Å². The number of aromatic nitrogens is 2. The van der Waals surface area contributed by atoms with Crippen LogP contribution in [-0.4, -0.2) is 21.0 Å². The topological polar surface area (TPSA) is 83.0 Å². The molecule has 0 aliphatic heterocycles. The fourth-order valence-corrected chi connectivity index (χ4v) is 2.31. The van der Waals surface area contributed by atoms with Crippen LogP contribution in [0.5, 0.6) is 0 Å². The number of benzene rings is 1. The predicted octanol–water partition coefficient (Wildman–Crippen LogP) is 2.53. The van der Waals surface area contributed by atoms with Crippen LogP contribution in [0.25, 0.3) is 11.4 Å². The van der Waals surface area contributed by atoms with E-state index in [2.05, 4.69) is 25.9 Å². The standard InChI is InChI=1S/C14H13BrN2O3/c1-8-11(5-6-12(18)19)14(20)17-13(16-8)9-3-2-4-10(15)7-9/h2-4,7H,5-6H2,1H3,(H,18,19)(H,16,17,20). The minimum Gasteiger partial charge on any atom is -0.481 e. The summed E-state index contributed by atoms with van der Waals surface area (Å²) in [5.74, 6) is -0.451. The van der Waals surface area contributed by atoms with Crippen molar-refractivity contribution >= 4 is 21.9 Å². The summed E-state index contributed by atoms with van der Waals surface area (Å²) in [7, 11) is 0. The Bertz CT molecular complexity index is 710. The monoisotopic (exact) mass is 336 g/mol. The number of carboxylic acid groups (broad SMARTS) is 1. The van der Waals surface area contributed by atoms with Gasteiger partial charge in [-0.2, -0.15) is 0 Å². The van der Waals surface area contributed by atoms with Gasteiger partial charge >= 0.3 is 5.97 Å². The number of hydrogen-bond donors (Lipinski definition) is 2. The number of halogens is 1. The lowest BCUT2D eigenvalue weighted by Gasteiger charge is -2.07. The lowest BCUT2D eigenvalue weighted by Crippen LogP contribution is -2.18. The van der Waals surface area contributed by atoms with Gasteiger partial charge in [0.05, 0.1) is 0 Å². The van der Waals surface area contributed by atoms with E-state index >= 15 is 0 Å². The highest BCUT2D eigenvalue weighted by molar-refractivity contribution is 9.10. The van der Waals surface area contributed by atoms with Crippen LogP contribution in [-0.2, 0) is 11.2 Å². The normalized spacial score (nSPS) is 10.5. The van der Waals surface area contributed by atoms with Crippen molar-refractivity contribution < 1.29 is 9.90 Å². The smallest absolute Gasteiger partial charge is 0.303 e. The van der Waals surface area contributed by atoms with E-state index in [-0.39, 0.29) is 18.4 Å². The van der Waals surface area contributed by atoms with Gasteiger partial charge in [-0.3, -0.25) is 9.59 Å². The number of nitrogens with zero attached hydrogens (tertiary/aromatic N) is 1. The fraction of sp³-hybridized carbons (Fsp3) is 0.214. The zero-order valence-electron chi connectivity index (χ0n) is 10.8. The highest BCUT2D eigenvalue weighted by Crippen LogP contribution is 2.19. The maximum absolute atomic E-state index is 12.0. The molecule has 1 heterocycles. The van der Waals surface area contributed by atoms with E-state index in [1.165, 1.54) is 0 Å². The van der Waals surface area contributed by atoms with Gasteiger partial charge in [-0.1, -0.05) is 28.1 Å². The molecule has 0 spiro atoms. The molecule has 1 aromatic carbocycles. The maximum Gasteiger partial charge on any atom is 0.303 e. The quantitative estimate of drug-likeness (QED) is 0.898. The van der Waals surface area contributed by atoms with Crippen molar-refractivity contribution in [3.63, 3.8) is 0 Å². The van der Waals surface area contributed by atoms with Crippen molar-refractivity contribution in [1.82, 2.24) is 9.97 Å². The maximum atomic E-state index is 12.0. The number of aryl methyl sites for hydroxylation is 1. The van der Waals surface area contributed by atoms with Crippen molar-refractivity contribution in [3.05, 3.63) is 50.3 Å². The van der Waals surface area contributed by atoms with Crippen molar-refractivity contribution in [1.29, 1.82) is 0 Å². The summed E-state index contributed by atoms with van der Waals surface area (Å²) < 4.78 is 0.894. The molecule has 0 aliphatic carbocycles. The molecule has 6 heteroatoms. The predicted molar refractivity (Wildman–Crippen MR) is 78.7 cm³/mol. The zero-order valence-corrected chi connectivity index (χ0v) is 12.4. The van der Waals surface area contributed by atoms with Crippen LogP contribution in [0.3, 0.4) is 0 Å². The molecule has 20 heavy (non-hydrogen) atoms. The highest BCUT2D eigenvalue weighted by Gasteiger charge is 2.11. The summed E-state index contributed by atoms with van der Waals surface area (Å²) in [4.78, 5) is 29.7. The second-order valence-electron chi connectivity index (χ2n) is 4.38. The third kappa shape index (κ3) is 3.33. The molecule has 0 amide bonds. The van der Waals surface area contributed by atoms with Gasteiger partial charge in [0.15, 0.2) is 0 Å². The number of carbonyl (C=O) groups is 1. The number of H-pyrrole nitrogens is 1. The van der Waals surface area contributed by atoms with Gasteiger partial charge in [-0.15, -0.1) is 0 Å². The molecule has 0 bridgehead atoms. The van der Waals surface area contributed by atoms with E-state index in [1.54, 1.807) is 6.92 Å². The average molecular weight is 337 g/mol. The first-order valence-corrected chi connectivity index (χ1v) is 6.84. The summed E-state index contributed by atoms with van der Waals surface area (Å²) in [6.07, 6.45) is 0.101. The van der Waals surface area contributed by atoms with Gasteiger partial charge in [0, 0.05) is 27.7 Å². The minimum absolute atomic E-state index is 0.0815. The number of carboxylic acids is 1. The number of hydrogen-bond acceptors (Lipinski definition) is 3. The van der Waals surface area contributed by atoms with E-state index in [4.69, 9.17) is 5.11 Å². The van der Waals surface area contributed by atoms with Gasteiger partial charge in [0.1, 0.15) is 5.82 Å². The van der Waals surface area contributed by atoms with Gasteiger partial charge in [-0.25, -0.2) is 4.98 Å². The number of aliphatic carboxylic acids is 1.